The molecule has 0 aliphatic carbocycles. The summed E-state index contributed by atoms with van der Waals surface area (Å²) in [6, 6.07) is 7.78. The number of methoxy groups -OCH3 is 1. The molecule has 1 aromatic carbocycles. The van der Waals surface area contributed by atoms with E-state index in [4.69, 9.17) is 4.74 Å². The Labute approximate surface area is 134 Å². The van der Waals surface area contributed by atoms with E-state index in [2.05, 4.69) is 16.8 Å². The lowest BCUT2D eigenvalue weighted by Gasteiger charge is -2.09. The van der Waals surface area contributed by atoms with Crippen LogP contribution in [0.15, 0.2) is 52.7 Å². The van der Waals surface area contributed by atoms with Crippen LogP contribution in [-0.4, -0.2) is 31.5 Å². The van der Waals surface area contributed by atoms with Gasteiger partial charge in [0.2, 0.25) is 0 Å². The second kappa shape index (κ2) is 7.06. The average molecular weight is 332 g/mol. The molecule has 0 saturated carbocycles. The first kappa shape index (κ1) is 16.7. The lowest BCUT2D eigenvalue weighted by Crippen LogP contribution is -2.07. The van der Waals surface area contributed by atoms with Gasteiger partial charge in [-0.1, -0.05) is 18.2 Å². The zero-order chi connectivity index (χ0) is 16.9. The number of sulfone groups is 1. The van der Waals surface area contributed by atoms with Gasteiger partial charge in [-0.3, -0.25) is 4.79 Å². The monoisotopic (exact) mass is 332 g/mol. The summed E-state index contributed by atoms with van der Waals surface area (Å²) in [5, 5.41) is 6.17. The van der Waals surface area contributed by atoms with Gasteiger partial charge in [0.15, 0.2) is 9.84 Å². The van der Waals surface area contributed by atoms with Crippen LogP contribution in [0.25, 0.3) is 12.2 Å². The Bertz CT molecular complexity index is 878. The van der Waals surface area contributed by atoms with Gasteiger partial charge in [-0.15, -0.1) is 6.58 Å². The molecule has 0 saturated heterocycles. The highest BCUT2D eigenvalue weighted by molar-refractivity contribution is 7.91. The van der Waals surface area contributed by atoms with Gasteiger partial charge in [0.25, 0.3) is 5.56 Å². The third-order valence-corrected chi connectivity index (χ3v) is 4.67. The topological polar surface area (TPSA) is 89.1 Å². The van der Waals surface area contributed by atoms with Crippen LogP contribution in [0.5, 0.6) is 5.75 Å². The Morgan fingerprint density at radius 2 is 2.04 bits per heavy atom. The molecule has 0 amide bonds. The Balaban J connectivity index is 2.39. The zero-order valence-electron chi connectivity index (χ0n) is 12.5. The summed E-state index contributed by atoms with van der Waals surface area (Å²) in [4.78, 5) is 11.1. The molecule has 2 rings (SSSR count). The van der Waals surface area contributed by atoms with Gasteiger partial charge in [0, 0.05) is 6.07 Å². The van der Waals surface area contributed by atoms with Crippen LogP contribution in [0.2, 0.25) is 0 Å². The van der Waals surface area contributed by atoms with Crippen molar-refractivity contribution in [2.75, 3.05) is 12.9 Å². The maximum absolute atomic E-state index is 12.2. The number of aromatic nitrogens is 2. The predicted molar refractivity (Wildman–Crippen MR) is 89.0 cm³/mol. The van der Waals surface area contributed by atoms with E-state index in [1.54, 1.807) is 30.4 Å². The molecule has 0 fully saturated rings. The minimum atomic E-state index is -3.50. The molecule has 7 heteroatoms. The maximum atomic E-state index is 12.2. The van der Waals surface area contributed by atoms with Gasteiger partial charge in [0.05, 0.1) is 18.6 Å². The van der Waals surface area contributed by atoms with E-state index in [9.17, 15) is 13.2 Å². The van der Waals surface area contributed by atoms with Crippen molar-refractivity contribution in [1.29, 1.82) is 0 Å². The molecule has 1 N–H and O–H groups in total. The first-order valence-corrected chi connectivity index (χ1v) is 8.37. The smallest absolute Gasteiger partial charge is 0.264 e. The van der Waals surface area contributed by atoms with Crippen LogP contribution in [0, 0.1) is 0 Å². The van der Waals surface area contributed by atoms with Crippen molar-refractivity contribution in [3.63, 3.8) is 0 Å². The number of H-pyrrole nitrogens is 1. The fourth-order valence-electron chi connectivity index (χ4n) is 1.91. The lowest BCUT2D eigenvalue weighted by atomic mass is 10.2. The van der Waals surface area contributed by atoms with E-state index in [1.807, 2.05) is 0 Å². The first-order valence-electron chi connectivity index (χ1n) is 6.72. The van der Waals surface area contributed by atoms with Gasteiger partial charge >= 0.3 is 0 Å². The molecule has 1 aromatic heterocycles. The van der Waals surface area contributed by atoms with E-state index in [1.165, 1.54) is 25.3 Å². The van der Waals surface area contributed by atoms with Crippen LogP contribution in [0.1, 0.15) is 11.3 Å². The van der Waals surface area contributed by atoms with Gasteiger partial charge in [-0.05, 0) is 29.8 Å². The molecule has 0 atom stereocenters. The van der Waals surface area contributed by atoms with Crippen molar-refractivity contribution in [3.8, 4) is 5.75 Å². The van der Waals surface area contributed by atoms with Crippen LogP contribution in [0.3, 0.4) is 0 Å². The molecule has 0 bridgehead atoms. The number of nitrogens with one attached hydrogen (secondary N) is 1. The molecular formula is C16H16N2O4S. The SMILES string of the molecule is C=CCS(=O)(=O)c1cc(/C=C/c2ccc(=O)[nH]n2)ccc1OC. The molecule has 0 unspecified atom stereocenters. The van der Waals surface area contributed by atoms with Crippen LogP contribution in [-0.2, 0) is 9.84 Å². The normalized spacial score (nSPS) is 11.5. The standard InChI is InChI=1S/C16H16N2O4S/c1-3-10-23(20,21)15-11-12(5-8-14(15)22-2)4-6-13-7-9-16(19)18-17-13/h3-9,11H,1,10H2,2H3,(H,18,19)/b6-4+. The van der Waals surface area contributed by atoms with Gasteiger partial charge in [-0.25, -0.2) is 13.5 Å². The predicted octanol–water partition coefficient (Wildman–Crippen LogP) is 1.91. The highest BCUT2D eigenvalue weighted by Gasteiger charge is 2.18. The van der Waals surface area contributed by atoms with Gasteiger partial charge < -0.3 is 4.74 Å². The van der Waals surface area contributed by atoms with E-state index in [0.717, 1.165) is 0 Å². The van der Waals surface area contributed by atoms with E-state index in [0.29, 0.717) is 11.3 Å². The highest BCUT2D eigenvalue weighted by atomic mass is 32.2. The molecule has 120 valence electrons. The van der Waals surface area contributed by atoms with Crippen molar-refractivity contribution < 1.29 is 13.2 Å². The number of hydrogen-bond donors (Lipinski definition) is 1. The Morgan fingerprint density at radius 3 is 2.65 bits per heavy atom. The summed E-state index contributed by atoms with van der Waals surface area (Å²) >= 11 is 0. The third kappa shape index (κ3) is 4.17. The summed E-state index contributed by atoms with van der Waals surface area (Å²) in [5.41, 5.74) is 0.932. The molecule has 23 heavy (non-hydrogen) atoms. The average Bonchev–Trinajstić information content (AvgIpc) is 2.54. The number of benzene rings is 1. The molecule has 0 aliphatic heterocycles. The minimum Gasteiger partial charge on any atom is -0.495 e. The first-order chi connectivity index (χ1) is 11.0. The maximum Gasteiger partial charge on any atom is 0.264 e. The molecule has 0 radical (unpaired) electrons. The summed E-state index contributed by atoms with van der Waals surface area (Å²) in [7, 11) is -2.09. The Hall–Kier alpha value is -2.67. The Kier molecular flexibility index (Phi) is 5.13. The number of aromatic amines is 1. The second-order valence-electron chi connectivity index (χ2n) is 4.66. The van der Waals surface area contributed by atoms with E-state index >= 15 is 0 Å². The molecule has 0 spiro atoms. The van der Waals surface area contributed by atoms with Crippen LogP contribution >= 0.6 is 0 Å². The second-order valence-corrected chi connectivity index (χ2v) is 6.66. The number of nitrogens with zero attached hydrogens (tertiary/aromatic N) is 1. The summed E-state index contributed by atoms with van der Waals surface area (Å²) < 4.78 is 29.6. The van der Waals surface area contributed by atoms with E-state index in [-0.39, 0.29) is 22.0 Å². The fourth-order valence-corrected chi connectivity index (χ4v) is 3.18. The third-order valence-electron chi connectivity index (χ3n) is 3.01. The number of rotatable bonds is 6. The van der Waals surface area contributed by atoms with Crippen molar-refractivity contribution in [3.05, 3.63) is 64.6 Å². The van der Waals surface area contributed by atoms with Crippen LogP contribution < -0.4 is 10.3 Å². The molecular weight excluding hydrogens is 316 g/mol. The molecule has 0 aliphatic rings. The van der Waals surface area contributed by atoms with Crippen LogP contribution in [0.4, 0.5) is 0 Å². The van der Waals surface area contributed by atoms with Crippen molar-refractivity contribution in [2.24, 2.45) is 0 Å². The quantitative estimate of drug-likeness (QED) is 0.816. The summed E-state index contributed by atoms with van der Waals surface area (Å²) in [5.74, 6) is 0.115. The molecule has 6 nitrogen and oxygen atoms in total. The lowest BCUT2D eigenvalue weighted by molar-refractivity contribution is 0.403. The number of ether oxygens (including phenoxy) is 1. The summed E-state index contributed by atoms with van der Waals surface area (Å²) in [6.07, 6.45) is 4.70. The molecule has 1 heterocycles. The minimum absolute atomic E-state index is 0.108. The fraction of sp³-hybridized carbons (Fsp3) is 0.125. The van der Waals surface area contributed by atoms with Gasteiger partial charge in [-0.2, -0.15) is 5.10 Å². The largest absolute Gasteiger partial charge is 0.495 e. The molecule has 2 aromatic rings. The Morgan fingerprint density at radius 1 is 1.26 bits per heavy atom. The zero-order valence-corrected chi connectivity index (χ0v) is 13.3. The number of hydrogen-bond acceptors (Lipinski definition) is 5. The summed E-state index contributed by atoms with van der Waals surface area (Å²) in [6.45, 7) is 3.46. The van der Waals surface area contributed by atoms with Crippen molar-refractivity contribution >= 4 is 22.0 Å². The van der Waals surface area contributed by atoms with E-state index < -0.39 is 9.84 Å². The van der Waals surface area contributed by atoms with Crippen molar-refractivity contribution in [2.45, 2.75) is 4.90 Å². The van der Waals surface area contributed by atoms with Crippen molar-refractivity contribution in [1.82, 2.24) is 10.2 Å². The highest BCUT2D eigenvalue weighted by Crippen LogP contribution is 2.26. The van der Waals surface area contributed by atoms with Gasteiger partial charge in [0.1, 0.15) is 10.6 Å².